The summed E-state index contributed by atoms with van der Waals surface area (Å²) in [5.41, 5.74) is 2.67. The summed E-state index contributed by atoms with van der Waals surface area (Å²) >= 11 is 5.82. The van der Waals surface area contributed by atoms with Crippen LogP contribution in [0.1, 0.15) is 12.5 Å². The van der Waals surface area contributed by atoms with E-state index >= 15 is 0 Å². The Morgan fingerprint density at radius 2 is 1.91 bits per heavy atom. The van der Waals surface area contributed by atoms with Crippen LogP contribution in [0, 0.1) is 10.1 Å². The SMILES string of the molecule is CCOc1cccc(/C=N/Nc2ccc([N+](=O)[O-])cc2S(=O)(=O)Nc2ccc(Cl)cc2)c1O. The molecule has 33 heavy (non-hydrogen) atoms. The van der Waals surface area contributed by atoms with Gasteiger partial charge in [0.1, 0.15) is 4.90 Å². The van der Waals surface area contributed by atoms with Crippen LogP contribution in [0.5, 0.6) is 11.5 Å². The van der Waals surface area contributed by atoms with Gasteiger partial charge >= 0.3 is 0 Å². The molecule has 0 bridgehead atoms. The molecule has 0 aliphatic rings. The van der Waals surface area contributed by atoms with Gasteiger partial charge in [-0.25, -0.2) is 8.42 Å². The molecular weight excluding hydrogens is 472 g/mol. The van der Waals surface area contributed by atoms with Crippen LogP contribution in [0.15, 0.2) is 70.7 Å². The monoisotopic (exact) mass is 490 g/mol. The van der Waals surface area contributed by atoms with Crippen molar-refractivity contribution in [1.29, 1.82) is 0 Å². The Morgan fingerprint density at radius 3 is 2.58 bits per heavy atom. The number of ether oxygens (including phenoxy) is 1. The normalized spacial score (nSPS) is 11.3. The third-order valence-corrected chi connectivity index (χ3v) is 5.95. The molecule has 0 spiro atoms. The van der Waals surface area contributed by atoms with E-state index in [1.54, 1.807) is 25.1 Å². The zero-order chi connectivity index (χ0) is 24.0. The molecule has 3 aromatic carbocycles. The van der Waals surface area contributed by atoms with Crippen LogP contribution >= 0.6 is 11.6 Å². The maximum absolute atomic E-state index is 13.0. The number of halogens is 1. The predicted molar refractivity (Wildman–Crippen MR) is 126 cm³/mol. The first-order valence-corrected chi connectivity index (χ1v) is 11.4. The summed E-state index contributed by atoms with van der Waals surface area (Å²) in [6.45, 7) is 2.13. The highest BCUT2D eigenvalue weighted by molar-refractivity contribution is 7.92. The number of sulfonamides is 1. The van der Waals surface area contributed by atoms with Gasteiger partial charge in [-0.15, -0.1) is 0 Å². The van der Waals surface area contributed by atoms with Crippen molar-refractivity contribution in [1.82, 2.24) is 0 Å². The second kappa shape index (κ2) is 10.2. The predicted octanol–water partition coefficient (Wildman–Crippen LogP) is 4.60. The molecule has 12 heteroatoms. The number of hydrazone groups is 1. The molecule has 0 fully saturated rings. The summed E-state index contributed by atoms with van der Waals surface area (Å²) in [6, 6.07) is 14.0. The van der Waals surface area contributed by atoms with Crippen molar-refractivity contribution in [2.45, 2.75) is 11.8 Å². The Kier molecular flexibility index (Phi) is 7.36. The second-order valence-electron chi connectivity index (χ2n) is 6.55. The molecule has 0 aliphatic heterocycles. The van der Waals surface area contributed by atoms with Gasteiger partial charge in [0.05, 0.1) is 23.4 Å². The van der Waals surface area contributed by atoms with Crippen LogP contribution in [-0.2, 0) is 10.0 Å². The Bertz CT molecular complexity index is 1300. The largest absolute Gasteiger partial charge is 0.504 e. The van der Waals surface area contributed by atoms with E-state index in [2.05, 4.69) is 15.2 Å². The number of non-ortho nitro benzene ring substituents is 1. The van der Waals surface area contributed by atoms with E-state index < -0.39 is 25.5 Å². The number of benzene rings is 3. The highest BCUT2D eigenvalue weighted by Crippen LogP contribution is 2.30. The third kappa shape index (κ3) is 5.90. The Hall–Kier alpha value is -3.83. The van der Waals surface area contributed by atoms with E-state index in [4.69, 9.17) is 16.3 Å². The van der Waals surface area contributed by atoms with E-state index in [0.717, 1.165) is 12.1 Å². The van der Waals surface area contributed by atoms with Crippen LogP contribution in [0.2, 0.25) is 5.02 Å². The third-order valence-electron chi connectivity index (χ3n) is 4.28. The van der Waals surface area contributed by atoms with Crippen LogP contribution in [0.25, 0.3) is 0 Å². The van der Waals surface area contributed by atoms with Crippen molar-refractivity contribution in [3.63, 3.8) is 0 Å². The number of hydrogen-bond acceptors (Lipinski definition) is 8. The second-order valence-corrected chi connectivity index (χ2v) is 8.63. The van der Waals surface area contributed by atoms with E-state index in [1.807, 2.05) is 0 Å². The fraction of sp³-hybridized carbons (Fsp3) is 0.0952. The van der Waals surface area contributed by atoms with Crippen molar-refractivity contribution in [3.8, 4) is 11.5 Å². The number of nitro groups is 1. The molecule has 0 unspecified atom stereocenters. The minimum absolute atomic E-state index is 0.0150. The van der Waals surface area contributed by atoms with Crippen molar-refractivity contribution in [2.24, 2.45) is 5.10 Å². The molecule has 0 heterocycles. The highest BCUT2D eigenvalue weighted by atomic mass is 35.5. The minimum atomic E-state index is -4.23. The van der Waals surface area contributed by atoms with Gasteiger partial charge in [0, 0.05) is 28.4 Å². The molecule has 0 aromatic heterocycles. The Labute approximate surface area is 194 Å². The average molecular weight is 491 g/mol. The van der Waals surface area contributed by atoms with Crippen LogP contribution in [-0.4, -0.2) is 31.3 Å². The number of aromatic hydroxyl groups is 1. The summed E-state index contributed by atoms with van der Waals surface area (Å²) < 4.78 is 33.6. The number of nitrogens with one attached hydrogen (secondary N) is 2. The summed E-state index contributed by atoms with van der Waals surface area (Å²) in [7, 11) is -4.23. The number of hydrogen-bond donors (Lipinski definition) is 3. The summed E-state index contributed by atoms with van der Waals surface area (Å²) in [6.07, 6.45) is 1.27. The quantitative estimate of drug-likeness (QED) is 0.226. The molecule has 172 valence electrons. The maximum atomic E-state index is 13.0. The minimum Gasteiger partial charge on any atom is -0.504 e. The lowest BCUT2D eigenvalue weighted by Gasteiger charge is -2.12. The molecule has 0 saturated heterocycles. The van der Waals surface area contributed by atoms with Gasteiger partial charge in [-0.05, 0) is 49.4 Å². The first kappa shape index (κ1) is 23.8. The molecule has 3 N–H and O–H groups in total. The summed E-state index contributed by atoms with van der Waals surface area (Å²) in [5.74, 6) is 0.137. The van der Waals surface area contributed by atoms with E-state index in [-0.39, 0.29) is 22.9 Å². The van der Waals surface area contributed by atoms with Crippen LogP contribution < -0.4 is 14.9 Å². The number of nitro benzene ring substituents is 1. The first-order chi connectivity index (χ1) is 15.7. The van der Waals surface area contributed by atoms with Crippen molar-refractivity contribution < 1.29 is 23.2 Å². The lowest BCUT2D eigenvalue weighted by Crippen LogP contribution is -2.15. The molecule has 0 saturated carbocycles. The molecule has 0 atom stereocenters. The number of anilines is 2. The fourth-order valence-electron chi connectivity index (χ4n) is 2.75. The van der Waals surface area contributed by atoms with E-state index in [0.29, 0.717) is 17.2 Å². The standard InChI is InChI=1S/C21H19ClN4O6S/c1-2-32-19-5-3-4-14(21(19)27)13-23-24-18-11-10-17(26(28)29)12-20(18)33(30,31)25-16-8-6-15(22)7-9-16/h3-13,24-25,27H,2H2,1H3/b23-13+. The smallest absolute Gasteiger partial charge is 0.270 e. The maximum Gasteiger partial charge on any atom is 0.270 e. The van der Waals surface area contributed by atoms with Crippen molar-refractivity contribution >= 4 is 44.9 Å². The van der Waals surface area contributed by atoms with Gasteiger partial charge in [-0.1, -0.05) is 17.7 Å². The molecular formula is C21H19ClN4O6S. The van der Waals surface area contributed by atoms with Crippen molar-refractivity contribution in [2.75, 3.05) is 16.8 Å². The molecule has 3 aromatic rings. The van der Waals surface area contributed by atoms with Gasteiger partial charge in [-0.2, -0.15) is 5.10 Å². The van der Waals surface area contributed by atoms with E-state index in [1.165, 1.54) is 36.5 Å². The number of phenols is 1. The molecule has 10 nitrogen and oxygen atoms in total. The molecule has 0 amide bonds. The van der Waals surface area contributed by atoms with Gasteiger partial charge < -0.3 is 9.84 Å². The lowest BCUT2D eigenvalue weighted by atomic mass is 10.2. The van der Waals surface area contributed by atoms with E-state index in [9.17, 15) is 23.6 Å². The topological polar surface area (TPSA) is 143 Å². The number of para-hydroxylation sites is 1. The van der Waals surface area contributed by atoms with Gasteiger partial charge in [0.2, 0.25) is 0 Å². The number of nitrogens with zero attached hydrogens (tertiary/aromatic N) is 2. The first-order valence-electron chi connectivity index (χ1n) is 9.52. The zero-order valence-electron chi connectivity index (χ0n) is 17.2. The fourth-order valence-corrected chi connectivity index (χ4v) is 4.12. The molecule has 3 rings (SSSR count). The van der Waals surface area contributed by atoms with Crippen molar-refractivity contribution in [3.05, 3.63) is 81.4 Å². The van der Waals surface area contributed by atoms with Gasteiger partial charge in [-0.3, -0.25) is 20.3 Å². The van der Waals surface area contributed by atoms with Gasteiger partial charge in [0.25, 0.3) is 15.7 Å². The summed E-state index contributed by atoms with van der Waals surface area (Å²) in [5, 5.41) is 25.8. The molecule has 0 radical (unpaired) electrons. The zero-order valence-corrected chi connectivity index (χ0v) is 18.8. The highest BCUT2D eigenvalue weighted by Gasteiger charge is 2.22. The van der Waals surface area contributed by atoms with Crippen LogP contribution in [0.4, 0.5) is 17.1 Å². The Morgan fingerprint density at radius 1 is 1.18 bits per heavy atom. The van der Waals surface area contributed by atoms with Crippen LogP contribution in [0.3, 0.4) is 0 Å². The number of phenolic OH excluding ortho intramolecular Hbond substituents is 1. The molecule has 0 aliphatic carbocycles. The number of rotatable bonds is 9. The summed E-state index contributed by atoms with van der Waals surface area (Å²) in [4.78, 5) is 10.1. The lowest BCUT2D eigenvalue weighted by molar-refractivity contribution is -0.385. The Balaban J connectivity index is 1.92. The average Bonchev–Trinajstić information content (AvgIpc) is 2.78. The van der Waals surface area contributed by atoms with Gasteiger partial charge in [0.15, 0.2) is 11.5 Å².